The summed E-state index contributed by atoms with van der Waals surface area (Å²) in [5, 5.41) is 12.0. The zero-order valence-corrected chi connectivity index (χ0v) is 15.7. The van der Waals surface area contributed by atoms with Gasteiger partial charge in [0.05, 0.1) is 11.3 Å². The first-order chi connectivity index (χ1) is 13.0. The van der Waals surface area contributed by atoms with E-state index >= 15 is 0 Å². The zero-order valence-electron chi connectivity index (χ0n) is 15.7. The van der Waals surface area contributed by atoms with Gasteiger partial charge in [0.25, 0.3) is 5.91 Å². The number of rotatable bonds is 3. The average molecular weight is 361 g/mol. The first-order valence-corrected chi connectivity index (χ1v) is 9.16. The van der Waals surface area contributed by atoms with Gasteiger partial charge in [-0.25, -0.2) is 0 Å². The number of anilines is 1. The summed E-state index contributed by atoms with van der Waals surface area (Å²) in [6, 6.07) is 14.8. The molecule has 0 spiro atoms. The predicted octanol–water partition coefficient (Wildman–Crippen LogP) is 3.67. The Bertz CT molecular complexity index is 906. The molecule has 0 unspecified atom stereocenters. The number of amides is 2. The molecule has 27 heavy (non-hydrogen) atoms. The number of carbonyl (C=O) groups excluding carboxylic acids is 2. The number of nitrogens with one attached hydrogen (secondary N) is 1. The van der Waals surface area contributed by atoms with E-state index < -0.39 is 0 Å². The molecule has 138 valence electrons. The summed E-state index contributed by atoms with van der Waals surface area (Å²) in [5.41, 5.74) is 3.96. The van der Waals surface area contributed by atoms with Crippen LogP contribution in [0.2, 0.25) is 0 Å². The van der Waals surface area contributed by atoms with E-state index in [1.807, 2.05) is 36.9 Å². The third-order valence-corrected chi connectivity index (χ3v) is 5.21. The highest BCUT2D eigenvalue weighted by molar-refractivity contribution is 5.96. The number of para-hydroxylation sites is 1. The van der Waals surface area contributed by atoms with Gasteiger partial charge in [-0.05, 0) is 62.1 Å². The number of hydrogen-bond donors (Lipinski definition) is 1. The Hall–Kier alpha value is -3.13. The molecule has 0 aliphatic carbocycles. The van der Waals surface area contributed by atoms with Gasteiger partial charge in [0.2, 0.25) is 5.91 Å². The van der Waals surface area contributed by atoms with Crippen LogP contribution in [0.5, 0.6) is 0 Å². The van der Waals surface area contributed by atoms with Crippen molar-refractivity contribution in [2.24, 2.45) is 5.92 Å². The van der Waals surface area contributed by atoms with Gasteiger partial charge in [0, 0.05) is 24.6 Å². The van der Waals surface area contributed by atoms with E-state index in [2.05, 4.69) is 11.4 Å². The fourth-order valence-corrected chi connectivity index (χ4v) is 3.33. The Morgan fingerprint density at radius 3 is 2.44 bits per heavy atom. The van der Waals surface area contributed by atoms with Crippen molar-refractivity contribution in [3.63, 3.8) is 0 Å². The Labute approximate surface area is 159 Å². The second-order valence-electron chi connectivity index (χ2n) is 7.01. The summed E-state index contributed by atoms with van der Waals surface area (Å²) < 4.78 is 0. The van der Waals surface area contributed by atoms with Gasteiger partial charge >= 0.3 is 0 Å². The Morgan fingerprint density at radius 2 is 1.78 bits per heavy atom. The summed E-state index contributed by atoms with van der Waals surface area (Å²) in [6.07, 6.45) is 1.24. The number of aryl methyl sites for hydroxylation is 2. The predicted molar refractivity (Wildman–Crippen MR) is 104 cm³/mol. The van der Waals surface area contributed by atoms with Crippen LogP contribution in [-0.2, 0) is 4.79 Å². The van der Waals surface area contributed by atoms with Crippen LogP contribution in [0.3, 0.4) is 0 Å². The molecule has 1 aliphatic rings. The quantitative estimate of drug-likeness (QED) is 0.906. The molecule has 1 N–H and O–H groups in total. The van der Waals surface area contributed by atoms with Gasteiger partial charge in [-0.15, -0.1) is 0 Å². The van der Waals surface area contributed by atoms with E-state index in [0.717, 1.165) is 5.56 Å². The minimum Gasteiger partial charge on any atom is -0.339 e. The number of likely N-dealkylation sites (tertiary alicyclic amines) is 1. The minimum absolute atomic E-state index is 0.0202. The Balaban J connectivity index is 1.59. The molecule has 2 amide bonds. The van der Waals surface area contributed by atoms with Crippen LogP contribution >= 0.6 is 0 Å². The molecule has 0 bridgehead atoms. The van der Waals surface area contributed by atoms with Crippen molar-refractivity contribution >= 4 is 17.5 Å². The third-order valence-electron chi connectivity index (χ3n) is 5.21. The molecule has 3 rings (SSSR count). The number of benzene rings is 2. The van der Waals surface area contributed by atoms with E-state index in [-0.39, 0.29) is 17.7 Å². The normalized spacial score (nSPS) is 14.5. The van der Waals surface area contributed by atoms with Gasteiger partial charge in [0.1, 0.15) is 6.07 Å². The summed E-state index contributed by atoms with van der Waals surface area (Å²) in [7, 11) is 0. The van der Waals surface area contributed by atoms with Crippen LogP contribution in [0.25, 0.3) is 0 Å². The fraction of sp³-hybridized carbons (Fsp3) is 0.318. The molecule has 2 aromatic rings. The minimum atomic E-state index is -0.152. The lowest BCUT2D eigenvalue weighted by atomic mass is 9.95. The standard InChI is InChI=1S/C22H23N3O2/c1-15-7-8-18(13-16(15)2)22(27)25-11-9-17(10-12-25)21(26)24-20-6-4-3-5-19(20)14-23/h3-8,13,17H,9-12H2,1-2H3,(H,24,26). The van der Waals surface area contributed by atoms with E-state index in [1.165, 1.54) is 5.56 Å². The lowest BCUT2D eigenvalue weighted by Crippen LogP contribution is -2.41. The molecule has 0 radical (unpaired) electrons. The van der Waals surface area contributed by atoms with Crippen LogP contribution in [0.4, 0.5) is 5.69 Å². The first-order valence-electron chi connectivity index (χ1n) is 9.16. The van der Waals surface area contributed by atoms with Crippen molar-refractivity contribution in [1.29, 1.82) is 5.26 Å². The van der Waals surface area contributed by atoms with Crippen molar-refractivity contribution in [3.8, 4) is 6.07 Å². The van der Waals surface area contributed by atoms with Crippen molar-refractivity contribution in [2.45, 2.75) is 26.7 Å². The monoisotopic (exact) mass is 361 g/mol. The van der Waals surface area contributed by atoms with Crippen LogP contribution in [0.15, 0.2) is 42.5 Å². The molecule has 1 fully saturated rings. The van der Waals surface area contributed by atoms with E-state index in [0.29, 0.717) is 42.7 Å². The molecular formula is C22H23N3O2. The zero-order chi connectivity index (χ0) is 19.4. The Morgan fingerprint density at radius 1 is 1.07 bits per heavy atom. The topological polar surface area (TPSA) is 73.2 Å². The maximum atomic E-state index is 12.7. The lowest BCUT2D eigenvalue weighted by Gasteiger charge is -2.31. The number of carbonyl (C=O) groups is 2. The fourth-order valence-electron chi connectivity index (χ4n) is 3.33. The van der Waals surface area contributed by atoms with Gasteiger partial charge in [-0.1, -0.05) is 18.2 Å². The van der Waals surface area contributed by atoms with Gasteiger partial charge in [-0.3, -0.25) is 9.59 Å². The van der Waals surface area contributed by atoms with Gasteiger partial charge in [0.15, 0.2) is 0 Å². The summed E-state index contributed by atoms with van der Waals surface area (Å²) in [4.78, 5) is 27.1. The maximum absolute atomic E-state index is 12.7. The summed E-state index contributed by atoms with van der Waals surface area (Å²) in [6.45, 7) is 5.15. The van der Waals surface area contributed by atoms with Crippen LogP contribution in [-0.4, -0.2) is 29.8 Å². The molecule has 1 heterocycles. The second kappa shape index (κ2) is 8.05. The molecule has 0 saturated carbocycles. The molecule has 0 atom stereocenters. The molecule has 0 aromatic heterocycles. The summed E-state index contributed by atoms with van der Waals surface area (Å²) in [5.74, 6) is -0.219. The molecule has 1 aliphatic heterocycles. The molecular weight excluding hydrogens is 338 g/mol. The first kappa shape index (κ1) is 18.7. The lowest BCUT2D eigenvalue weighted by molar-refractivity contribution is -0.121. The maximum Gasteiger partial charge on any atom is 0.253 e. The van der Waals surface area contributed by atoms with E-state index in [1.54, 1.807) is 24.3 Å². The average Bonchev–Trinajstić information content (AvgIpc) is 2.70. The SMILES string of the molecule is Cc1ccc(C(=O)N2CCC(C(=O)Nc3ccccc3C#N)CC2)cc1C. The van der Waals surface area contributed by atoms with Crippen LogP contribution in [0, 0.1) is 31.1 Å². The second-order valence-corrected chi connectivity index (χ2v) is 7.01. The molecule has 2 aromatic carbocycles. The summed E-state index contributed by atoms with van der Waals surface area (Å²) >= 11 is 0. The van der Waals surface area contributed by atoms with Crippen LogP contribution in [0.1, 0.15) is 39.9 Å². The number of piperidine rings is 1. The van der Waals surface area contributed by atoms with E-state index in [9.17, 15) is 9.59 Å². The highest BCUT2D eigenvalue weighted by Crippen LogP contribution is 2.23. The van der Waals surface area contributed by atoms with Crippen molar-refractivity contribution in [3.05, 3.63) is 64.7 Å². The van der Waals surface area contributed by atoms with E-state index in [4.69, 9.17) is 5.26 Å². The largest absolute Gasteiger partial charge is 0.339 e. The molecule has 5 heteroatoms. The molecule has 1 saturated heterocycles. The highest BCUT2D eigenvalue weighted by atomic mass is 16.2. The molecule has 5 nitrogen and oxygen atoms in total. The third kappa shape index (κ3) is 4.17. The highest BCUT2D eigenvalue weighted by Gasteiger charge is 2.28. The smallest absolute Gasteiger partial charge is 0.253 e. The van der Waals surface area contributed by atoms with Crippen molar-refractivity contribution in [1.82, 2.24) is 4.90 Å². The number of hydrogen-bond acceptors (Lipinski definition) is 3. The van der Waals surface area contributed by atoms with Gasteiger partial charge in [-0.2, -0.15) is 5.26 Å². The number of nitriles is 1. The van der Waals surface area contributed by atoms with Crippen molar-refractivity contribution < 1.29 is 9.59 Å². The Kier molecular flexibility index (Phi) is 5.56. The number of nitrogens with zero attached hydrogens (tertiary/aromatic N) is 2. The van der Waals surface area contributed by atoms with Gasteiger partial charge < -0.3 is 10.2 Å². The van der Waals surface area contributed by atoms with Crippen molar-refractivity contribution in [2.75, 3.05) is 18.4 Å². The van der Waals surface area contributed by atoms with Crippen LogP contribution < -0.4 is 5.32 Å².